The van der Waals surface area contributed by atoms with Crippen LogP contribution < -0.4 is 0 Å². The SMILES string of the molecule is Cl.[CH2-]CCCCCCCC.[CH2-]CCCCCCCC.[Mn].[c-]1ccccn1.[c-]1ccccn1. The van der Waals surface area contributed by atoms with Gasteiger partial charge < -0.3 is 23.8 Å². The summed E-state index contributed by atoms with van der Waals surface area (Å²) in [5.74, 6) is 0. The molecule has 0 saturated carbocycles. The first-order chi connectivity index (χ1) is 14.8. The van der Waals surface area contributed by atoms with Crippen molar-refractivity contribution in [2.24, 2.45) is 0 Å². The Morgan fingerprint density at radius 2 is 0.906 bits per heavy atom. The molecule has 2 nitrogen and oxygen atoms in total. The van der Waals surface area contributed by atoms with Gasteiger partial charge in [-0.05, 0) is 0 Å². The first-order valence-electron chi connectivity index (χ1n) is 12.0. The van der Waals surface area contributed by atoms with Crippen LogP contribution in [0.1, 0.15) is 104 Å². The molecule has 0 aliphatic heterocycles. The molecule has 0 saturated heterocycles. The Morgan fingerprint density at radius 1 is 0.562 bits per heavy atom. The fraction of sp³-hybridized carbons (Fsp3) is 0.571. The molecular weight excluding hydrogens is 455 g/mol. The first kappa shape index (κ1) is 38.4. The van der Waals surface area contributed by atoms with Gasteiger partial charge in [-0.3, -0.25) is 0 Å². The van der Waals surface area contributed by atoms with Crippen LogP contribution in [0.4, 0.5) is 0 Å². The Bertz CT molecular complexity index is 360. The van der Waals surface area contributed by atoms with Gasteiger partial charge in [0, 0.05) is 17.1 Å². The molecule has 4 heteroatoms. The van der Waals surface area contributed by atoms with Crippen LogP contribution >= 0.6 is 12.4 Å². The van der Waals surface area contributed by atoms with Crippen molar-refractivity contribution in [2.45, 2.75) is 104 Å². The van der Waals surface area contributed by atoms with Gasteiger partial charge in [-0.15, -0.1) is 12.4 Å². The topological polar surface area (TPSA) is 25.8 Å². The number of pyridine rings is 2. The van der Waals surface area contributed by atoms with Gasteiger partial charge in [0.05, 0.1) is 0 Å². The third-order valence-electron chi connectivity index (χ3n) is 4.24. The van der Waals surface area contributed by atoms with E-state index in [1.54, 1.807) is 24.5 Å². The van der Waals surface area contributed by atoms with Gasteiger partial charge in [-0.2, -0.15) is 49.2 Å². The summed E-state index contributed by atoms with van der Waals surface area (Å²) in [6, 6.07) is 11.0. The van der Waals surface area contributed by atoms with Crippen molar-refractivity contribution in [2.75, 3.05) is 0 Å². The first-order valence-corrected chi connectivity index (χ1v) is 12.0. The van der Waals surface area contributed by atoms with Crippen molar-refractivity contribution in [3.05, 3.63) is 75.0 Å². The number of aromatic nitrogens is 2. The maximum Gasteiger partial charge on any atom is 0 e. The molecule has 2 heterocycles. The largest absolute Gasteiger partial charge is 0.394 e. The van der Waals surface area contributed by atoms with E-state index < -0.39 is 0 Å². The third kappa shape index (κ3) is 43.1. The minimum absolute atomic E-state index is 0. The van der Waals surface area contributed by atoms with Crippen molar-refractivity contribution in [1.29, 1.82) is 0 Å². The summed E-state index contributed by atoms with van der Waals surface area (Å²) in [6.07, 6.45) is 27.6. The summed E-state index contributed by atoms with van der Waals surface area (Å²) in [5.41, 5.74) is 0. The molecule has 0 unspecified atom stereocenters. The standard InChI is InChI=1S/2C9H19.2C5H4N.ClH.Mn/c2*1-3-5-7-9-8-6-4-2;2*1-2-4-6-5-3-1;;/h2*1,3-9H2,2H3;2*1-4H;1H;/q4*-1;;. The molecule has 0 N–H and O–H groups in total. The molecule has 1 radical (unpaired) electrons. The third-order valence-corrected chi connectivity index (χ3v) is 4.24. The fourth-order valence-electron chi connectivity index (χ4n) is 2.47. The van der Waals surface area contributed by atoms with Crippen LogP contribution in [0.3, 0.4) is 0 Å². The second-order valence-corrected chi connectivity index (χ2v) is 7.16. The summed E-state index contributed by atoms with van der Waals surface area (Å²) < 4.78 is 0. The van der Waals surface area contributed by atoms with Gasteiger partial charge in [0.25, 0.3) is 0 Å². The Morgan fingerprint density at radius 3 is 1.09 bits per heavy atom. The van der Waals surface area contributed by atoms with Crippen LogP contribution in [-0.4, -0.2) is 9.97 Å². The number of rotatable bonds is 12. The normalized spacial score (nSPS) is 8.62. The van der Waals surface area contributed by atoms with Gasteiger partial charge in [0.2, 0.25) is 0 Å². The molecule has 0 aromatic carbocycles. The average Bonchev–Trinajstić information content (AvgIpc) is 2.83. The molecular formula is C28H47ClMnN2-4. The van der Waals surface area contributed by atoms with Crippen molar-refractivity contribution in [3.63, 3.8) is 0 Å². The smallest absolute Gasteiger partial charge is 0 e. The second-order valence-electron chi connectivity index (χ2n) is 7.16. The maximum atomic E-state index is 3.80. The van der Waals surface area contributed by atoms with E-state index >= 15 is 0 Å². The Balaban J connectivity index is -0.000000162. The Kier molecular flexibility index (Phi) is 48.5. The van der Waals surface area contributed by atoms with E-state index in [1.165, 1.54) is 77.0 Å². The van der Waals surface area contributed by atoms with Crippen LogP contribution in [-0.2, 0) is 17.1 Å². The molecule has 0 aliphatic rings. The number of unbranched alkanes of at least 4 members (excludes halogenated alkanes) is 12. The van der Waals surface area contributed by atoms with Crippen molar-refractivity contribution in [3.8, 4) is 0 Å². The molecule has 2 aromatic rings. The number of hydrogen-bond donors (Lipinski definition) is 0. The van der Waals surface area contributed by atoms with Crippen molar-refractivity contribution < 1.29 is 17.1 Å². The zero-order chi connectivity index (χ0) is 22.4. The minimum atomic E-state index is 0. The summed E-state index contributed by atoms with van der Waals surface area (Å²) in [5, 5.41) is 0. The summed E-state index contributed by atoms with van der Waals surface area (Å²) in [4.78, 5) is 7.32. The number of halogens is 1. The van der Waals surface area contributed by atoms with Gasteiger partial charge in [0.15, 0.2) is 0 Å². The molecule has 0 amide bonds. The quantitative estimate of drug-likeness (QED) is 0.164. The molecule has 0 bridgehead atoms. The van der Waals surface area contributed by atoms with E-state index in [9.17, 15) is 0 Å². The summed E-state index contributed by atoms with van der Waals surface area (Å²) >= 11 is 0. The van der Waals surface area contributed by atoms with Crippen molar-refractivity contribution >= 4 is 12.4 Å². The van der Waals surface area contributed by atoms with Crippen LogP contribution in [0.5, 0.6) is 0 Å². The number of hydrogen-bond acceptors (Lipinski definition) is 2. The predicted octanol–water partition coefficient (Wildman–Crippen LogP) is 9.33. The molecule has 0 atom stereocenters. The minimum Gasteiger partial charge on any atom is -0.394 e. The molecule has 2 rings (SSSR count). The molecule has 32 heavy (non-hydrogen) atoms. The molecule has 0 aliphatic carbocycles. The van der Waals surface area contributed by atoms with Crippen LogP contribution in [0, 0.1) is 26.2 Å². The van der Waals surface area contributed by atoms with E-state index in [2.05, 4.69) is 50.1 Å². The van der Waals surface area contributed by atoms with Crippen molar-refractivity contribution in [1.82, 2.24) is 9.97 Å². The molecule has 2 aromatic heterocycles. The average molecular weight is 502 g/mol. The van der Waals surface area contributed by atoms with Gasteiger partial charge in [-0.1, -0.05) is 116 Å². The maximum absolute atomic E-state index is 3.80. The van der Waals surface area contributed by atoms with E-state index in [1.807, 2.05) is 24.3 Å². The number of nitrogens with zero attached hydrogens (tertiary/aromatic N) is 2. The van der Waals surface area contributed by atoms with E-state index in [0.717, 1.165) is 12.8 Å². The van der Waals surface area contributed by atoms with E-state index in [-0.39, 0.29) is 29.5 Å². The zero-order valence-electron chi connectivity index (χ0n) is 20.6. The van der Waals surface area contributed by atoms with Gasteiger partial charge in [-0.25, -0.2) is 0 Å². The molecule has 0 fully saturated rings. The van der Waals surface area contributed by atoms with Crippen LogP contribution in [0.25, 0.3) is 0 Å². The van der Waals surface area contributed by atoms with Crippen LogP contribution in [0.15, 0.2) is 48.8 Å². The summed E-state index contributed by atoms with van der Waals surface area (Å²) in [7, 11) is 0. The zero-order valence-corrected chi connectivity index (χ0v) is 22.6. The van der Waals surface area contributed by atoms with E-state index in [4.69, 9.17) is 0 Å². The monoisotopic (exact) mass is 501 g/mol. The predicted molar refractivity (Wildman–Crippen MR) is 140 cm³/mol. The Labute approximate surface area is 217 Å². The fourth-order valence-corrected chi connectivity index (χ4v) is 2.47. The van der Waals surface area contributed by atoms with Gasteiger partial charge in [0.1, 0.15) is 0 Å². The summed E-state index contributed by atoms with van der Waals surface area (Å²) in [6.45, 7) is 12.1. The Hall–Kier alpha value is -0.891. The molecule has 0 spiro atoms. The van der Waals surface area contributed by atoms with E-state index in [0.29, 0.717) is 0 Å². The second kappa shape index (κ2) is 40.5. The van der Waals surface area contributed by atoms with Gasteiger partial charge >= 0.3 is 0 Å². The van der Waals surface area contributed by atoms with Crippen LogP contribution in [0.2, 0.25) is 0 Å². The molecule has 187 valence electrons.